The van der Waals surface area contributed by atoms with E-state index < -0.39 is 16.1 Å². The number of nitrogens with one attached hydrogen (secondary N) is 1. The summed E-state index contributed by atoms with van der Waals surface area (Å²) in [5.74, 6) is 0.110. The third-order valence-corrected chi connectivity index (χ3v) is 6.80. The first kappa shape index (κ1) is 21.8. The molecule has 0 saturated carbocycles. The maximum atomic E-state index is 12.8. The molecule has 2 aromatic carbocycles. The summed E-state index contributed by atoms with van der Waals surface area (Å²) in [6.45, 7) is 3.93. The first-order valence-electron chi connectivity index (χ1n) is 9.56. The van der Waals surface area contributed by atoms with Gasteiger partial charge in [0, 0.05) is 31.9 Å². The third-order valence-electron chi connectivity index (χ3n) is 4.89. The van der Waals surface area contributed by atoms with E-state index >= 15 is 0 Å². The van der Waals surface area contributed by atoms with E-state index in [1.54, 1.807) is 43.3 Å². The van der Waals surface area contributed by atoms with Crippen molar-refractivity contribution in [2.75, 3.05) is 38.5 Å². The van der Waals surface area contributed by atoms with Crippen LogP contribution >= 0.6 is 0 Å². The molecule has 2 aromatic rings. The van der Waals surface area contributed by atoms with E-state index in [9.17, 15) is 13.2 Å². The Bertz CT molecular complexity index is 1020. The predicted molar refractivity (Wildman–Crippen MR) is 113 cm³/mol. The minimum absolute atomic E-state index is 0.201. The van der Waals surface area contributed by atoms with Gasteiger partial charge in [-0.25, -0.2) is 8.42 Å². The third kappa shape index (κ3) is 5.16. The highest BCUT2D eigenvalue weighted by Crippen LogP contribution is 2.20. The van der Waals surface area contributed by atoms with Gasteiger partial charge >= 0.3 is 0 Å². The van der Waals surface area contributed by atoms with Gasteiger partial charge in [-0.15, -0.1) is 0 Å². The Labute approximate surface area is 176 Å². The molecule has 0 spiro atoms. The lowest BCUT2D eigenvalue weighted by Gasteiger charge is -2.31. The average Bonchev–Trinajstić information content (AvgIpc) is 2.75. The summed E-state index contributed by atoms with van der Waals surface area (Å²) in [6, 6.07) is 14.6. The minimum atomic E-state index is -3.55. The molecule has 158 valence electrons. The second kappa shape index (κ2) is 9.26. The van der Waals surface area contributed by atoms with Gasteiger partial charge in [-0.3, -0.25) is 4.79 Å². The molecule has 1 amide bonds. The normalized spacial score (nSPS) is 16.4. The van der Waals surface area contributed by atoms with Gasteiger partial charge < -0.3 is 15.0 Å². The number of nitriles is 1. The van der Waals surface area contributed by atoms with Gasteiger partial charge in [0.15, 0.2) is 6.10 Å². The minimum Gasteiger partial charge on any atom is -0.481 e. The van der Waals surface area contributed by atoms with Gasteiger partial charge in [0.05, 0.1) is 16.5 Å². The van der Waals surface area contributed by atoms with Gasteiger partial charge in [-0.05, 0) is 62.5 Å². The number of amides is 1. The van der Waals surface area contributed by atoms with Crippen LogP contribution in [-0.2, 0) is 14.8 Å². The number of anilines is 1. The topological polar surface area (TPSA) is 103 Å². The van der Waals surface area contributed by atoms with E-state index in [-0.39, 0.29) is 10.8 Å². The zero-order chi connectivity index (χ0) is 21.7. The lowest BCUT2D eigenvalue weighted by molar-refractivity contribution is -0.122. The number of ether oxygens (including phenoxy) is 1. The first-order chi connectivity index (χ1) is 14.3. The van der Waals surface area contributed by atoms with Crippen LogP contribution in [0.15, 0.2) is 53.4 Å². The van der Waals surface area contributed by atoms with Crippen molar-refractivity contribution in [2.24, 2.45) is 0 Å². The number of benzene rings is 2. The second-order valence-electron chi connectivity index (χ2n) is 7.12. The maximum Gasteiger partial charge on any atom is 0.265 e. The molecule has 1 atom stereocenters. The molecule has 1 aliphatic rings. The molecule has 0 bridgehead atoms. The van der Waals surface area contributed by atoms with Crippen molar-refractivity contribution < 1.29 is 17.9 Å². The second-order valence-corrected chi connectivity index (χ2v) is 9.06. The molecule has 0 aromatic heterocycles. The van der Waals surface area contributed by atoms with Crippen LogP contribution in [0.25, 0.3) is 0 Å². The zero-order valence-corrected chi connectivity index (χ0v) is 17.7. The number of likely N-dealkylation sites (N-methyl/N-ethyl adjacent to an activating group) is 1. The lowest BCUT2D eigenvalue weighted by atomic mass is 10.2. The summed E-state index contributed by atoms with van der Waals surface area (Å²) in [5.41, 5.74) is 0.985. The van der Waals surface area contributed by atoms with Crippen molar-refractivity contribution >= 4 is 21.6 Å². The van der Waals surface area contributed by atoms with Crippen molar-refractivity contribution in [2.45, 2.75) is 17.9 Å². The SMILES string of the molecule is CC(Oc1ccc(C#N)cc1)C(=O)Nc1ccc(S(=O)(=O)N2CCN(C)CC2)cc1. The van der Waals surface area contributed by atoms with Gasteiger partial charge in [-0.2, -0.15) is 9.57 Å². The number of rotatable bonds is 6. The summed E-state index contributed by atoms with van der Waals surface area (Å²) >= 11 is 0. The predicted octanol–water partition coefficient (Wildman–Crippen LogP) is 1.90. The van der Waals surface area contributed by atoms with E-state index in [1.807, 2.05) is 13.1 Å². The molecular weight excluding hydrogens is 404 g/mol. The fraction of sp³-hybridized carbons (Fsp3) is 0.333. The molecule has 30 heavy (non-hydrogen) atoms. The number of nitrogens with zero attached hydrogens (tertiary/aromatic N) is 3. The van der Waals surface area contributed by atoms with Gasteiger partial charge in [-0.1, -0.05) is 0 Å². The first-order valence-corrected chi connectivity index (χ1v) is 11.0. The van der Waals surface area contributed by atoms with Crippen molar-refractivity contribution in [1.29, 1.82) is 5.26 Å². The Balaban J connectivity index is 1.60. The number of hydrogen-bond acceptors (Lipinski definition) is 6. The monoisotopic (exact) mass is 428 g/mol. The molecule has 3 rings (SSSR count). The van der Waals surface area contributed by atoms with Crippen LogP contribution < -0.4 is 10.1 Å². The van der Waals surface area contributed by atoms with Crippen LogP contribution in [-0.4, -0.2) is 62.9 Å². The number of hydrogen-bond donors (Lipinski definition) is 1. The Morgan fingerprint density at radius 3 is 2.23 bits per heavy atom. The molecule has 0 aliphatic carbocycles. The molecule has 0 radical (unpaired) electrons. The molecule has 1 aliphatic heterocycles. The van der Waals surface area contributed by atoms with Crippen LogP contribution in [0.5, 0.6) is 5.75 Å². The van der Waals surface area contributed by atoms with E-state index in [0.29, 0.717) is 43.2 Å². The van der Waals surface area contributed by atoms with Gasteiger partial charge in [0.2, 0.25) is 10.0 Å². The molecule has 8 nitrogen and oxygen atoms in total. The largest absolute Gasteiger partial charge is 0.481 e. The Kier molecular flexibility index (Phi) is 6.72. The van der Waals surface area contributed by atoms with E-state index in [4.69, 9.17) is 10.00 Å². The summed E-state index contributed by atoms with van der Waals surface area (Å²) in [7, 11) is -1.58. The van der Waals surface area contributed by atoms with Crippen LogP contribution in [0.3, 0.4) is 0 Å². The van der Waals surface area contributed by atoms with Gasteiger partial charge in [0.1, 0.15) is 5.75 Å². The maximum absolute atomic E-state index is 12.8. The highest BCUT2D eigenvalue weighted by atomic mass is 32.2. The smallest absolute Gasteiger partial charge is 0.265 e. The molecule has 1 N–H and O–H groups in total. The Morgan fingerprint density at radius 2 is 1.67 bits per heavy atom. The lowest BCUT2D eigenvalue weighted by Crippen LogP contribution is -2.46. The van der Waals surface area contributed by atoms with Crippen LogP contribution in [0.4, 0.5) is 5.69 Å². The van der Waals surface area contributed by atoms with Crippen LogP contribution in [0.2, 0.25) is 0 Å². The Morgan fingerprint density at radius 1 is 1.07 bits per heavy atom. The molecule has 1 heterocycles. The number of carbonyl (C=O) groups excluding carboxylic acids is 1. The average molecular weight is 429 g/mol. The molecule has 1 unspecified atom stereocenters. The number of carbonyl (C=O) groups is 1. The van der Waals surface area contributed by atoms with Crippen molar-refractivity contribution in [1.82, 2.24) is 9.21 Å². The molecule has 9 heteroatoms. The molecular formula is C21H24N4O4S. The Hall–Kier alpha value is -2.93. The standard InChI is InChI=1S/C21H24N4O4S/c1-16(29-19-7-3-17(15-22)4-8-19)21(26)23-18-5-9-20(10-6-18)30(27,28)25-13-11-24(2)12-14-25/h3-10,16H,11-14H2,1-2H3,(H,23,26). The fourth-order valence-electron chi connectivity index (χ4n) is 3.00. The van der Waals surface area contributed by atoms with Crippen molar-refractivity contribution in [3.63, 3.8) is 0 Å². The van der Waals surface area contributed by atoms with Crippen LogP contribution in [0.1, 0.15) is 12.5 Å². The summed E-state index contributed by atoms with van der Waals surface area (Å²) in [6.07, 6.45) is -0.772. The van der Waals surface area contributed by atoms with Crippen molar-refractivity contribution in [3.8, 4) is 11.8 Å². The highest BCUT2D eigenvalue weighted by Gasteiger charge is 2.27. The fourth-order valence-corrected chi connectivity index (χ4v) is 4.42. The summed E-state index contributed by atoms with van der Waals surface area (Å²) in [4.78, 5) is 14.7. The van der Waals surface area contributed by atoms with Crippen LogP contribution in [0, 0.1) is 11.3 Å². The van der Waals surface area contributed by atoms with Gasteiger partial charge in [0.25, 0.3) is 5.91 Å². The summed E-state index contributed by atoms with van der Waals surface area (Å²) < 4.78 is 32.6. The van der Waals surface area contributed by atoms with E-state index in [0.717, 1.165) is 0 Å². The quantitative estimate of drug-likeness (QED) is 0.754. The summed E-state index contributed by atoms with van der Waals surface area (Å²) in [5, 5.41) is 11.5. The number of sulfonamides is 1. The number of piperazine rings is 1. The van der Waals surface area contributed by atoms with Crippen molar-refractivity contribution in [3.05, 3.63) is 54.1 Å². The van der Waals surface area contributed by atoms with E-state index in [1.165, 1.54) is 16.4 Å². The zero-order valence-electron chi connectivity index (χ0n) is 16.9. The molecule has 1 fully saturated rings. The molecule has 1 saturated heterocycles. The van der Waals surface area contributed by atoms with E-state index in [2.05, 4.69) is 10.2 Å². The highest BCUT2D eigenvalue weighted by molar-refractivity contribution is 7.89.